The van der Waals surface area contributed by atoms with E-state index in [4.69, 9.17) is 17.0 Å². The lowest BCUT2D eigenvalue weighted by atomic mass is 9.80. The van der Waals surface area contributed by atoms with Crippen molar-refractivity contribution in [3.63, 3.8) is 0 Å². The van der Waals surface area contributed by atoms with Crippen LogP contribution in [0.15, 0.2) is 21.1 Å². The average molecular weight is 434 g/mol. The summed E-state index contributed by atoms with van der Waals surface area (Å²) in [5.41, 5.74) is 0.705. The van der Waals surface area contributed by atoms with Crippen molar-refractivity contribution in [1.82, 2.24) is 10.2 Å². The first-order valence-corrected chi connectivity index (χ1v) is 9.03. The smallest absolute Gasteiger partial charge is 0.187 e. The molecule has 1 fully saturated rings. The number of fused-ring (bicyclic) bond motifs is 4. The third-order valence-corrected chi connectivity index (χ3v) is 5.88. The van der Waals surface area contributed by atoms with E-state index in [-0.39, 0.29) is 18.0 Å². The third-order valence-electron chi connectivity index (χ3n) is 4.52. The molecule has 114 valence electrons. The van der Waals surface area contributed by atoms with E-state index in [1.54, 1.807) is 0 Å². The Morgan fingerprint density at radius 1 is 1.38 bits per heavy atom. The fourth-order valence-electron chi connectivity index (χ4n) is 3.42. The highest BCUT2D eigenvalue weighted by Gasteiger charge is 2.54. The Hall–Kier alpha value is -0.330. The van der Waals surface area contributed by atoms with E-state index >= 15 is 0 Å². The first-order valence-electron chi connectivity index (χ1n) is 7.03. The fourth-order valence-corrected chi connectivity index (χ4v) is 5.28. The molecule has 0 radical (unpaired) electrons. The van der Waals surface area contributed by atoms with Gasteiger partial charge >= 0.3 is 0 Å². The van der Waals surface area contributed by atoms with Gasteiger partial charge in [-0.3, -0.25) is 0 Å². The fraction of sp³-hybridized carbons (Fsp3) is 0.533. The molecular formula is C15H18Br2N2OS. The van der Waals surface area contributed by atoms with Crippen molar-refractivity contribution < 1.29 is 4.74 Å². The highest BCUT2D eigenvalue weighted by atomic mass is 79.9. The number of hydrogen-bond donors (Lipinski definition) is 1. The Balaban J connectivity index is 2.19. The maximum Gasteiger partial charge on any atom is 0.187 e. The second-order valence-corrected chi connectivity index (χ2v) is 8.30. The van der Waals surface area contributed by atoms with E-state index in [0.717, 1.165) is 25.4 Å². The van der Waals surface area contributed by atoms with Crippen molar-refractivity contribution in [2.24, 2.45) is 5.92 Å². The zero-order valence-corrected chi connectivity index (χ0v) is 16.4. The van der Waals surface area contributed by atoms with Gasteiger partial charge in [-0.05, 0) is 61.1 Å². The molecule has 2 aliphatic rings. The second kappa shape index (κ2) is 5.10. The molecule has 1 saturated heterocycles. The molecule has 3 nitrogen and oxygen atoms in total. The molecule has 0 spiro atoms. The van der Waals surface area contributed by atoms with E-state index in [2.05, 4.69) is 75.8 Å². The van der Waals surface area contributed by atoms with Crippen molar-refractivity contribution in [1.29, 1.82) is 0 Å². The van der Waals surface area contributed by atoms with E-state index in [1.165, 1.54) is 0 Å². The maximum atomic E-state index is 6.46. The van der Waals surface area contributed by atoms with Crippen LogP contribution in [0.4, 0.5) is 0 Å². The Kier molecular flexibility index (Phi) is 3.78. The van der Waals surface area contributed by atoms with Crippen LogP contribution in [0.1, 0.15) is 39.3 Å². The number of ether oxygens (including phenoxy) is 1. The summed E-state index contributed by atoms with van der Waals surface area (Å²) >= 11 is 12.8. The quantitative estimate of drug-likeness (QED) is 0.654. The van der Waals surface area contributed by atoms with Gasteiger partial charge in [-0.1, -0.05) is 22.9 Å². The SMILES string of the molecule is CC(C)N1C(=S)NC2c3cc(Br)cc(Br)c3OC1(C)C2C. The number of halogens is 2. The summed E-state index contributed by atoms with van der Waals surface area (Å²) in [5.74, 6) is 1.18. The highest BCUT2D eigenvalue weighted by Crippen LogP contribution is 2.51. The zero-order chi connectivity index (χ0) is 15.5. The average Bonchev–Trinajstić information content (AvgIpc) is 2.35. The van der Waals surface area contributed by atoms with Crippen molar-refractivity contribution in [2.45, 2.75) is 45.5 Å². The Labute approximate surface area is 147 Å². The molecule has 0 aromatic heterocycles. The van der Waals surface area contributed by atoms with Gasteiger partial charge in [0.15, 0.2) is 10.8 Å². The number of nitrogens with zero attached hydrogens (tertiary/aromatic N) is 1. The standard InChI is InChI=1S/C15H18Br2N2OS/c1-7(2)19-14(21)18-12-8(3)15(19,4)20-13-10(12)5-9(16)6-11(13)17/h5-8,12H,1-4H3,(H,18,21). The molecule has 2 aliphatic heterocycles. The molecule has 3 rings (SSSR count). The van der Waals surface area contributed by atoms with Gasteiger partial charge in [-0.2, -0.15) is 0 Å². The molecule has 21 heavy (non-hydrogen) atoms. The van der Waals surface area contributed by atoms with Crippen LogP contribution in [-0.4, -0.2) is 21.8 Å². The second-order valence-electron chi connectivity index (χ2n) is 6.14. The van der Waals surface area contributed by atoms with Crippen molar-refractivity contribution in [3.8, 4) is 5.75 Å². The predicted octanol–water partition coefficient (Wildman–Crippen LogP) is 4.60. The van der Waals surface area contributed by atoms with Gasteiger partial charge in [-0.25, -0.2) is 0 Å². The van der Waals surface area contributed by atoms with E-state index in [1.807, 2.05) is 6.07 Å². The summed E-state index contributed by atoms with van der Waals surface area (Å²) < 4.78 is 8.46. The van der Waals surface area contributed by atoms with Crippen LogP contribution < -0.4 is 10.1 Å². The van der Waals surface area contributed by atoms with E-state index in [9.17, 15) is 0 Å². The highest BCUT2D eigenvalue weighted by molar-refractivity contribution is 9.11. The van der Waals surface area contributed by atoms with Gasteiger partial charge < -0.3 is 15.0 Å². The van der Waals surface area contributed by atoms with Gasteiger partial charge in [0.2, 0.25) is 0 Å². The van der Waals surface area contributed by atoms with Crippen LogP contribution in [0.5, 0.6) is 5.75 Å². The molecule has 0 amide bonds. The van der Waals surface area contributed by atoms with Crippen molar-refractivity contribution >= 4 is 49.2 Å². The van der Waals surface area contributed by atoms with Crippen LogP contribution in [0.2, 0.25) is 0 Å². The molecule has 3 atom stereocenters. The Morgan fingerprint density at radius 2 is 2.05 bits per heavy atom. The van der Waals surface area contributed by atoms with Crippen LogP contribution in [0.3, 0.4) is 0 Å². The summed E-state index contributed by atoms with van der Waals surface area (Å²) in [6.07, 6.45) is 0. The lowest BCUT2D eigenvalue weighted by molar-refractivity contribution is -0.121. The molecule has 1 aromatic carbocycles. The molecule has 0 saturated carbocycles. The zero-order valence-electron chi connectivity index (χ0n) is 12.4. The summed E-state index contributed by atoms with van der Waals surface area (Å²) in [6.45, 7) is 8.63. The van der Waals surface area contributed by atoms with Crippen LogP contribution in [0.25, 0.3) is 0 Å². The van der Waals surface area contributed by atoms with Crippen molar-refractivity contribution in [3.05, 3.63) is 26.6 Å². The minimum absolute atomic E-state index is 0.162. The van der Waals surface area contributed by atoms with E-state index in [0.29, 0.717) is 0 Å². The first-order chi connectivity index (χ1) is 9.75. The molecule has 1 N–H and O–H groups in total. The molecule has 2 heterocycles. The lowest BCUT2D eigenvalue weighted by Crippen LogP contribution is -2.70. The van der Waals surface area contributed by atoms with Gasteiger partial charge in [0, 0.05) is 22.0 Å². The Bertz CT molecular complexity index is 622. The number of rotatable bonds is 1. The molecular weight excluding hydrogens is 416 g/mol. The number of nitrogens with one attached hydrogen (secondary N) is 1. The van der Waals surface area contributed by atoms with E-state index < -0.39 is 5.72 Å². The predicted molar refractivity (Wildman–Crippen MR) is 95.5 cm³/mol. The molecule has 0 aliphatic carbocycles. The number of hydrogen-bond acceptors (Lipinski definition) is 2. The minimum atomic E-state index is -0.440. The third kappa shape index (κ3) is 2.21. The first kappa shape index (κ1) is 15.6. The van der Waals surface area contributed by atoms with Crippen LogP contribution in [-0.2, 0) is 0 Å². The van der Waals surface area contributed by atoms with Gasteiger partial charge in [-0.15, -0.1) is 0 Å². The van der Waals surface area contributed by atoms with Gasteiger partial charge in [0.25, 0.3) is 0 Å². The summed E-state index contributed by atoms with van der Waals surface area (Å²) in [7, 11) is 0. The molecule has 6 heteroatoms. The Morgan fingerprint density at radius 3 is 2.67 bits per heavy atom. The van der Waals surface area contributed by atoms with Crippen LogP contribution >= 0.6 is 44.1 Å². The largest absolute Gasteiger partial charge is 0.466 e. The van der Waals surface area contributed by atoms with Crippen molar-refractivity contribution in [2.75, 3.05) is 0 Å². The van der Waals surface area contributed by atoms with Gasteiger partial charge in [0.05, 0.1) is 10.5 Å². The summed E-state index contributed by atoms with van der Waals surface area (Å²) in [4.78, 5) is 2.17. The number of benzene rings is 1. The molecule has 3 unspecified atom stereocenters. The van der Waals surface area contributed by atoms with Crippen LogP contribution in [0, 0.1) is 5.92 Å². The molecule has 2 bridgehead atoms. The summed E-state index contributed by atoms with van der Waals surface area (Å²) in [5, 5.41) is 4.26. The minimum Gasteiger partial charge on any atom is -0.466 e. The normalized spacial score (nSPS) is 30.8. The van der Waals surface area contributed by atoms with Gasteiger partial charge in [0.1, 0.15) is 5.75 Å². The lowest BCUT2D eigenvalue weighted by Gasteiger charge is -2.57. The summed E-state index contributed by atoms with van der Waals surface area (Å²) in [6, 6.07) is 4.57. The maximum absolute atomic E-state index is 6.46. The monoisotopic (exact) mass is 432 g/mol. The molecule has 1 aromatic rings. The number of thiocarbonyl (C=S) groups is 1. The topological polar surface area (TPSA) is 24.5 Å².